The lowest BCUT2D eigenvalue weighted by atomic mass is 9.90. The molecule has 0 radical (unpaired) electrons. The SMILES string of the molecule is OC(c1ccc2c(c1)CCCCN2)(C(F)(F)F)C(F)(F)F. The van der Waals surface area contributed by atoms with Crippen LogP contribution < -0.4 is 5.32 Å². The first-order valence-electron chi connectivity index (χ1n) is 6.30. The topological polar surface area (TPSA) is 32.3 Å². The standard InChI is InChI=1S/C13H13F6NO/c14-12(15,16)11(21,13(17,18)19)9-4-5-10-8(7-9)3-1-2-6-20-10/h4-5,7,20-21H,1-3,6H2. The molecule has 0 bridgehead atoms. The summed E-state index contributed by atoms with van der Waals surface area (Å²) in [4.78, 5) is 0. The number of rotatable bonds is 1. The van der Waals surface area contributed by atoms with Crippen molar-refractivity contribution in [2.24, 2.45) is 0 Å². The summed E-state index contributed by atoms with van der Waals surface area (Å²) in [5.74, 6) is 0. The summed E-state index contributed by atoms with van der Waals surface area (Å²) in [6.45, 7) is 0.606. The molecule has 0 unspecified atom stereocenters. The van der Waals surface area contributed by atoms with Gasteiger partial charge >= 0.3 is 12.4 Å². The van der Waals surface area contributed by atoms with Gasteiger partial charge in [0.15, 0.2) is 0 Å². The van der Waals surface area contributed by atoms with Crippen molar-refractivity contribution in [3.63, 3.8) is 0 Å². The lowest BCUT2D eigenvalue weighted by Crippen LogP contribution is -2.53. The van der Waals surface area contributed by atoms with Crippen molar-refractivity contribution in [3.05, 3.63) is 29.3 Å². The Morgan fingerprint density at radius 2 is 1.57 bits per heavy atom. The summed E-state index contributed by atoms with van der Waals surface area (Å²) >= 11 is 0. The zero-order chi connectivity index (χ0) is 15.9. The molecule has 21 heavy (non-hydrogen) atoms. The molecule has 1 aliphatic heterocycles. The molecule has 8 heteroatoms. The normalized spacial score (nSPS) is 16.9. The molecule has 1 aromatic rings. The molecule has 0 spiro atoms. The monoisotopic (exact) mass is 313 g/mol. The first kappa shape index (κ1) is 15.9. The third kappa shape index (κ3) is 2.68. The molecular weight excluding hydrogens is 300 g/mol. The Kier molecular flexibility index (Phi) is 3.86. The van der Waals surface area contributed by atoms with Gasteiger partial charge in [0.05, 0.1) is 0 Å². The fraction of sp³-hybridized carbons (Fsp3) is 0.538. The molecule has 2 N–H and O–H groups in total. The Hall–Kier alpha value is -1.44. The van der Waals surface area contributed by atoms with E-state index in [1.165, 1.54) is 0 Å². The van der Waals surface area contributed by atoms with Crippen LogP contribution >= 0.6 is 0 Å². The smallest absolute Gasteiger partial charge is 0.385 e. The van der Waals surface area contributed by atoms with Crippen molar-refractivity contribution >= 4 is 5.69 Å². The lowest BCUT2D eigenvalue weighted by Gasteiger charge is -2.33. The fourth-order valence-electron chi connectivity index (χ4n) is 2.35. The van der Waals surface area contributed by atoms with Gasteiger partial charge in [-0.1, -0.05) is 12.1 Å². The molecule has 2 nitrogen and oxygen atoms in total. The fourth-order valence-corrected chi connectivity index (χ4v) is 2.35. The molecule has 0 aromatic heterocycles. The largest absolute Gasteiger partial charge is 0.430 e. The van der Waals surface area contributed by atoms with E-state index in [0.717, 1.165) is 18.6 Å². The van der Waals surface area contributed by atoms with Gasteiger partial charge in [-0.25, -0.2) is 0 Å². The van der Waals surface area contributed by atoms with E-state index in [1.807, 2.05) is 0 Å². The highest BCUT2D eigenvalue weighted by molar-refractivity contribution is 5.54. The molecular formula is C13H13F6NO. The van der Waals surface area contributed by atoms with Gasteiger partial charge in [0.1, 0.15) is 0 Å². The molecule has 1 heterocycles. The van der Waals surface area contributed by atoms with Crippen molar-refractivity contribution in [1.29, 1.82) is 0 Å². The summed E-state index contributed by atoms with van der Waals surface area (Å²) in [6, 6.07) is 2.60. The van der Waals surface area contributed by atoms with Crippen LogP contribution in [-0.2, 0) is 12.0 Å². The maximum absolute atomic E-state index is 12.8. The summed E-state index contributed by atoms with van der Waals surface area (Å²) < 4.78 is 76.9. The highest BCUT2D eigenvalue weighted by Gasteiger charge is 2.71. The summed E-state index contributed by atoms with van der Waals surface area (Å²) in [6.07, 6.45) is -9.91. The molecule has 1 aromatic carbocycles. The second-order valence-corrected chi connectivity index (χ2v) is 4.96. The maximum Gasteiger partial charge on any atom is 0.430 e. The predicted molar refractivity (Wildman–Crippen MR) is 63.9 cm³/mol. The van der Waals surface area contributed by atoms with Crippen molar-refractivity contribution in [3.8, 4) is 0 Å². The van der Waals surface area contributed by atoms with Crippen molar-refractivity contribution in [1.82, 2.24) is 0 Å². The zero-order valence-corrected chi connectivity index (χ0v) is 10.8. The highest BCUT2D eigenvalue weighted by atomic mass is 19.4. The van der Waals surface area contributed by atoms with Gasteiger partial charge in [0, 0.05) is 17.8 Å². The third-order valence-corrected chi connectivity index (χ3v) is 3.53. The van der Waals surface area contributed by atoms with Gasteiger partial charge in [0.2, 0.25) is 0 Å². The second-order valence-electron chi connectivity index (χ2n) is 4.96. The minimum atomic E-state index is -5.85. The van der Waals surface area contributed by atoms with Crippen molar-refractivity contribution in [2.45, 2.75) is 37.2 Å². The van der Waals surface area contributed by atoms with Gasteiger partial charge < -0.3 is 10.4 Å². The van der Waals surface area contributed by atoms with E-state index in [4.69, 9.17) is 0 Å². The minimum Gasteiger partial charge on any atom is -0.385 e. The van der Waals surface area contributed by atoms with Gasteiger partial charge in [0.25, 0.3) is 5.60 Å². The summed E-state index contributed by atoms with van der Waals surface area (Å²) in [5.41, 5.74) is -5.22. The number of aryl methyl sites for hydroxylation is 1. The average molecular weight is 313 g/mol. The summed E-state index contributed by atoms with van der Waals surface area (Å²) in [5, 5.41) is 12.3. The Morgan fingerprint density at radius 3 is 2.14 bits per heavy atom. The van der Waals surface area contributed by atoms with E-state index < -0.39 is 23.5 Å². The molecule has 0 amide bonds. The number of hydrogen-bond donors (Lipinski definition) is 2. The van der Waals surface area contributed by atoms with Crippen LogP contribution in [0.15, 0.2) is 18.2 Å². The molecule has 2 rings (SSSR count). The predicted octanol–water partition coefficient (Wildman–Crippen LogP) is 3.75. The Labute approximate surface area is 116 Å². The van der Waals surface area contributed by atoms with E-state index in [1.54, 1.807) is 0 Å². The van der Waals surface area contributed by atoms with E-state index >= 15 is 0 Å². The second kappa shape index (κ2) is 5.08. The molecule has 1 aliphatic rings. The van der Waals surface area contributed by atoms with Crippen molar-refractivity contribution < 1.29 is 31.4 Å². The quantitative estimate of drug-likeness (QED) is 0.774. The van der Waals surface area contributed by atoms with Crippen LogP contribution in [0.1, 0.15) is 24.0 Å². The van der Waals surface area contributed by atoms with Crippen LogP contribution in [0.4, 0.5) is 32.0 Å². The minimum absolute atomic E-state index is 0.344. The number of anilines is 1. The first-order chi connectivity index (χ1) is 9.57. The number of aliphatic hydroxyl groups is 1. The lowest BCUT2D eigenvalue weighted by molar-refractivity contribution is -0.376. The average Bonchev–Trinajstić information content (AvgIpc) is 2.59. The van der Waals surface area contributed by atoms with Gasteiger partial charge in [-0.2, -0.15) is 26.3 Å². The van der Waals surface area contributed by atoms with E-state index in [9.17, 15) is 31.4 Å². The number of alkyl halides is 6. The van der Waals surface area contributed by atoms with Crippen LogP contribution in [0.25, 0.3) is 0 Å². The Balaban J connectivity index is 2.55. The number of fused-ring (bicyclic) bond motifs is 1. The van der Waals surface area contributed by atoms with Crippen LogP contribution in [0.3, 0.4) is 0 Å². The number of hydrogen-bond acceptors (Lipinski definition) is 2. The Morgan fingerprint density at radius 1 is 0.952 bits per heavy atom. The zero-order valence-electron chi connectivity index (χ0n) is 10.8. The van der Waals surface area contributed by atoms with E-state index in [2.05, 4.69) is 5.32 Å². The van der Waals surface area contributed by atoms with Gasteiger partial charge in [-0.05, 0) is 30.9 Å². The molecule has 0 atom stereocenters. The van der Waals surface area contributed by atoms with Crippen LogP contribution in [0.2, 0.25) is 0 Å². The number of benzene rings is 1. The van der Waals surface area contributed by atoms with Crippen LogP contribution in [-0.4, -0.2) is 24.0 Å². The molecule has 118 valence electrons. The Bertz CT molecular complexity index is 508. The van der Waals surface area contributed by atoms with Crippen molar-refractivity contribution in [2.75, 3.05) is 11.9 Å². The van der Waals surface area contributed by atoms with Gasteiger partial charge in [-0.3, -0.25) is 0 Å². The number of halogens is 6. The highest BCUT2D eigenvalue weighted by Crippen LogP contribution is 2.50. The van der Waals surface area contributed by atoms with Crippen LogP contribution in [0, 0.1) is 0 Å². The molecule has 0 saturated carbocycles. The summed E-state index contributed by atoms with van der Waals surface area (Å²) in [7, 11) is 0. The first-order valence-corrected chi connectivity index (χ1v) is 6.30. The van der Waals surface area contributed by atoms with E-state index in [0.29, 0.717) is 36.7 Å². The van der Waals surface area contributed by atoms with E-state index in [-0.39, 0.29) is 0 Å². The molecule has 0 fully saturated rings. The molecule has 0 saturated heterocycles. The molecule has 0 aliphatic carbocycles. The third-order valence-electron chi connectivity index (χ3n) is 3.53. The van der Waals surface area contributed by atoms with Crippen LogP contribution in [0.5, 0.6) is 0 Å². The maximum atomic E-state index is 12.8. The van der Waals surface area contributed by atoms with Gasteiger partial charge in [-0.15, -0.1) is 0 Å². The number of nitrogens with one attached hydrogen (secondary N) is 1.